The van der Waals surface area contributed by atoms with E-state index < -0.39 is 11.7 Å². The van der Waals surface area contributed by atoms with Crippen molar-refractivity contribution in [3.05, 3.63) is 47.9 Å². The molecule has 1 heterocycles. The van der Waals surface area contributed by atoms with Crippen molar-refractivity contribution in [2.24, 2.45) is 4.99 Å². The summed E-state index contributed by atoms with van der Waals surface area (Å²) in [7, 11) is 3.07. The minimum absolute atomic E-state index is 0.00437. The number of nitrogens with one attached hydrogen (secondary N) is 1. The standard InChI is InChI=1S/C15H14F3N5O/c1-19-14(20-2)11-4-3-10(15(16,17)18)7-12(11)23(9-24)13-8-21-5-6-22-13/h3-9H,1-2H3,(H,19,20). The van der Waals surface area contributed by atoms with Crippen molar-refractivity contribution >= 4 is 23.8 Å². The van der Waals surface area contributed by atoms with E-state index in [0.717, 1.165) is 17.0 Å². The van der Waals surface area contributed by atoms with Crippen molar-refractivity contribution in [3.63, 3.8) is 0 Å². The molecule has 0 saturated heterocycles. The monoisotopic (exact) mass is 337 g/mol. The fourth-order valence-corrected chi connectivity index (χ4v) is 2.12. The molecule has 0 radical (unpaired) electrons. The fraction of sp³-hybridized carbons (Fsp3) is 0.200. The minimum atomic E-state index is -4.55. The summed E-state index contributed by atoms with van der Waals surface area (Å²) in [6.45, 7) is 0. The number of rotatable bonds is 4. The number of nitrogens with zero attached hydrogens (tertiary/aromatic N) is 4. The molecule has 1 amide bonds. The number of aliphatic imine (C=N–C) groups is 1. The van der Waals surface area contributed by atoms with Crippen molar-refractivity contribution in [2.75, 3.05) is 19.0 Å². The number of carbonyl (C=O) groups is 1. The maximum Gasteiger partial charge on any atom is 0.416 e. The van der Waals surface area contributed by atoms with E-state index >= 15 is 0 Å². The Balaban J connectivity index is 2.69. The van der Waals surface area contributed by atoms with Crippen LogP contribution < -0.4 is 10.2 Å². The maximum absolute atomic E-state index is 13.1. The number of amidine groups is 1. The summed E-state index contributed by atoms with van der Waals surface area (Å²) in [5.74, 6) is 0.425. The average Bonchev–Trinajstić information content (AvgIpc) is 2.57. The van der Waals surface area contributed by atoms with Crippen LogP contribution in [-0.4, -0.2) is 36.3 Å². The highest BCUT2D eigenvalue weighted by atomic mass is 19.4. The van der Waals surface area contributed by atoms with Gasteiger partial charge in [-0.25, -0.2) is 4.98 Å². The number of hydrogen-bond donors (Lipinski definition) is 1. The zero-order valence-corrected chi connectivity index (χ0v) is 12.9. The summed E-state index contributed by atoms with van der Waals surface area (Å²) in [6, 6.07) is 3.06. The Bertz CT molecular complexity index is 747. The SMILES string of the molecule is C/N=C(/NC)c1ccc(C(F)(F)F)cc1N(C=O)c1cnccn1. The molecule has 24 heavy (non-hydrogen) atoms. The van der Waals surface area contributed by atoms with E-state index in [1.54, 1.807) is 7.05 Å². The summed E-state index contributed by atoms with van der Waals surface area (Å²) in [5.41, 5.74) is -0.565. The molecule has 0 aliphatic rings. The molecule has 126 valence electrons. The predicted octanol–water partition coefficient (Wildman–Crippen LogP) is 2.39. The molecule has 1 aromatic heterocycles. The van der Waals surface area contributed by atoms with Crippen molar-refractivity contribution < 1.29 is 18.0 Å². The molecule has 0 aliphatic carbocycles. The summed E-state index contributed by atoms with van der Waals surface area (Å²) < 4.78 is 39.2. The first-order valence-electron chi connectivity index (χ1n) is 6.79. The topological polar surface area (TPSA) is 70.5 Å². The first kappa shape index (κ1) is 17.4. The molecule has 6 nitrogen and oxygen atoms in total. The van der Waals surface area contributed by atoms with Crippen LogP contribution in [0.1, 0.15) is 11.1 Å². The largest absolute Gasteiger partial charge is 0.416 e. The van der Waals surface area contributed by atoms with Crippen molar-refractivity contribution in [2.45, 2.75) is 6.18 Å². The molecule has 0 aliphatic heterocycles. The quantitative estimate of drug-likeness (QED) is 0.528. The molecule has 0 saturated carbocycles. The first-order chi connectivity index (χ1) is 11.4. The van der Waals surface area contributed by atoms with Crippen molar-refractivity contribution in [3.8, 4) is 0 Å². The lowest BCUT2D eigenvalue weighted by atomic mass is 10.1. The van der Waals surface area contributed by atoms with E-state index in [1.807, 2.05) is 0 Å². The van der Waals surface area contributed by atoms with Crippen molar-refractivity contribution in [1.82, 2.24) is 15.3 Å². The van der Waals surface area contributed by atoms with Crippen LogP contribution in [0.15, 0.2) is 41.8 Å². The lowest BCUT2D eigenvalue weighted by Gasteiger charge is -2.21. The number of halogens is 3. The van der Waals surface area contributed by atoms with Gasteiger partial charge >= 0.3 is 6.18 Å². The average molecular weight is 337 g/mol. The Morgan fingerprint density at radius 2 is 2.08 bits per heavy atom. The Labute approximate surface area is 136 Å². The third-order valence-electron chi connectivity index (χ3n) is 3.20. The Kier molecular flexibility index (Phi) is 5.12. The summed E-state index contributed by atoms with van der Waals surface area (Å²) in [6.07, 6.45) is -0.155. The van der Waals surface area contributed by atoms with Gasteiger partial charge in [-0.3, -0.25) is 19.7 Å². The molecule has 0 atom stereocenters. The smallest absolute Gasteiger partial charge is 0.373 e. The van der Waals surface area contributed by atoms with Crippen LogP contribution >= 0.6 is 0 Å². The minimum Gasteiger partial charge on any atom is -0.373 e. The fourth-order valence-electron chi connectivity index (χ4n) is 2.12. The van der Waals surface area contributed by atoms with Gasteiger partial charge in [-0.1, -0.05) is 0 Å². The molecular weight excluding hydrogens is 323 g/mol. The molecule has 2 aromatic rings. The molecule has 2 rings (SSSR count). The highest BCUT2D eigenvalue weighted by Crippen LogP contribution is 2.35. The van der Waals surface area contributed by atoms with E-state index in [1.165, 1.54) is 31.7 Å². The number of benzene rings is 1. The number of aromatic nitrogens is 2. The van der Waals surface area contributed by atoms with Gasteiger partial charge < -0.3 is 5.32 Å². The van der Waals surface area contributed by atoms with E-state index in [9.17, 15) is 18.0 Å². The number of carbonyl (C=O) groups excluding carboxylic acids is 1. The highest BCUT2D eigenvalue weighted by Gasteiger charge is 2.32. The predicted molar refractivity (Wildman–Crippen MR) is 83.2 cm³/mol. The summed E-state index contributed by atoms with van der Waals surface area (Å²) in [4.78, 5) is 24.3. The molecule has 1 aromatic carbocycles. The van der Waals surface area contributed by atoms with Crippen LogP contribution in [0, 0.1) is 0 Å². The van der Waals surface area contributed by atoms with Gasteiger partial charge in [0.15, 0.2) is 5.82 Å². The van der Waals surface area contributed by atoms with Crippen LogP contribution in [-0.2, 0) is 11.0 Å². The van der Waals surface area contributed by atoms with Crippen LogP contribution in [0.5, 0.6) is 0 Å². The van der Waals surface area contributed by atoms with E-state index in [-0.39, 0.29) is 11.5 Å². The van der Waals surface area contributed by atoms with E-state index in [2.05, 4.69) is 20.3 Å². The van der Waals surface area contributed by atoms with Crippen LogP contribution in [0.2, 0.25) is 0 Å². The second kappa shape index (κ2) is 7.07. The van der Waals surface area contributed by atoms with Gasteiger partial charge in [0, 0.05) is 32.1 Å². The Morgan fingerprint density at radius 1 is 1.33 bits per heavy atom. The Hall–Kier alpha value is -2.97. The van der Waals surface area contributed by atoms with Gasteiger partial charge in [-0.2, -0.15) is 13.2 Å². The lowest BCUT2D eigenvalue weighted by Crippen LogP contribution is -2.25. The normalized spacial score (nSPS) is 12.0. The molecule has 9 heteroatoms. The molecule has 0 fully saturated rings. The molecular formula is C15H14F3N5O. The molecule has 1 N–H and O–H groups in total. The second-order valence-electron chi connectivity index (χ2n) is 4.59. The van der Waals surface area contributed by atoms with Gasteiger partial charge in [0.1, 0.15) is 5.84 Å². The van der Waals surface area contributed by atoms with E-state index in [4.69, 9.17) is 0 Å². The molecule has 0 bridgehead atoms. The zero-order chi connectivity index (χ0) is 17.7. The van der Waals surface area contributed by atoms with Crippen LogP contribution in [0.4, 0.5) is 24.7 Å². The van der Waals surface area contributed by atoms with Gasteiger partial charge in [-0.15, -0.1) is 0 Å². The Morgan fingerprint density at radius 3 is 2.58 bits per heavy atom. The van der Waals surface area contributed by atoms with Crippen LogP contribution in [0.25, 0.3) is 0 Å². The maximum atomic E-state index is 13.1. The third-order valence-corrected chi connectivity index (χ3v) is 3.20. The summed E-state index contributed by atoms with van der Waals surface area (Å²) in [5, 5.41) is 2.79. The van der Waals surface area contributed by atoms with Gasteiger partial charge in [0.25, 0.3) is 0 Å². The highest BCUT2D eigenvalue weighted by molar-refractivity contribution is 6.06. The number of amides is 1. The number of alkyl halides is 3. The van der Waals surface area contributed by atoms with E-state index in [0.29, 0.717) is 17.8 Å². The second-order valence-corrected chi connectivity index (χ2v) is 4.59. The number of anilines is 2. The van der Waals surface area contributed by atoms with Gasteiger partial charge in [0.2, 0.25) is 6.41 Å². The van der Waals surface area contributed by atoms with Crippen LogP contribution in [0.3, 0.4) is 0 Å². The first-order valence-corrected chi connectivity index (χ1v) is 6.79. The van der Waals surface area contributed by atoms with Gasteiger partial charge in [0.05, 0.1) is 17.4 Å². The number of hydrogen-bond acceptors (Lipinski definition) is 4. The molecule has 0 unspecified atom stereocenters. The van der Waals surface area contributed by atoms with Crippen molar-refractivity contribution in [1.29, 1.82) is 0 Å². The zero-order valence-electron chi connectivity index (χ0n) is 12.9. The lowest BCUT2D eigenvalue weighted by molar-refractivity contribution is -0.137. The van der Waals surface area contributed by atoms with Gasteiger partial charge in [-0.05, 0) is 18.2 Å². The summed E-state index contributed by atoms with van der Waals surface area (Å²) >= 11 is 0. The third kappa shape index (κ3) is 3.50. The molecule has 0 spiro atoms.